The third-order valence-electron chi connectivity index (χ3n) is 5.91. The van der Waals surface area contributed by atoms with E-state index in [1.165, 1.54) is 34.5 Å². The van der Waals surface area contributed by atoms with Gasteiger partial charge in [0.25, 0.3) is 5.91 Å². The number of rotatable bonds is 8. The number of carboxylic acid groups (broad SMARTS) is 1. The molecule has 0 radical (unpaired) electrons. The average Bonchev–Trinajstić information content (AvgIpc) is 2.81. The largest absolute Gasteiger partial charge is 0.492 e. The minimum absolute atomic E-state index is 0.0334. The average molecular weight is 492 g/mol. The van der Waals surface area contributed by atoms with Crippen LogP contribution < -0.4 is 11.1 Å². The third-order valence-corrected chi connectivity index (χ3v) is 8.26. The number of fused-ring (bicyclic) bond motifs is 1. The molecule has 2 aliphatic heterocycles. The minimum atomic E-state index is -1.18. The molecule has 3 aliphatic rings. The van der Waals surface area contributed by atoms with Crippen molar-refractivity contribution in [3.05, 3.63) is 34.5 Å². The predicted molar refractivity (Wildman–Crippen MR) is 123 cm³/mol. The Morgan fingerprint density at radius 2 is 1.97 bits per heavy atom. The summed E-state index contributed by atoms with van der Waals surface area (Å²) in [5, 5.41) is 29.3. The summed E-state index contributed by atoms with van der Waals surface area (Å²) in [5.74, 6) is -1.28. The quantitative estimate of drug-likeness (QED) is 0.237. The van der Waals surface area contributed by atoms with Crippen molar-refractivity contribution in [2.24, 2.45) is 5.73 Å². The Balaban J connectivity index is 1.42. The molecule has 1 fully saturated rings. The summed E-state index contributed by atoms with van der Waals surface area (Å²) in [5.41, 5.74) is 8.56. The number of carbonyl (C=O) groups is 3. The molecule has 1 saturated heterocycles. The van der Waals surface area contributed by atoms with Crippen LogP contribution in [0, 0.1) is 0 Å². The van der Waals surface area contributed by atoms with Crippen LogP contribution in [0.5, 0.6) is 5.88 Å². The van der Waals surface area contributed by atoms with Crippen LogP contribution >= 0.6 is 23.5 Å². The van der Waals surface area contributed by atoms with Crippen LogP contribution in [0.2, 0.25) is 0 Å². The fourth-order valence-electron chi connectivity index (χ4n) is 4.25. The van der Waals surface area contributed by atoms with Crippen LogP contribution in [0.25, 0.3) is 0 Å². The highest BCUT2D eigenvalue weighted by Crippen LogP contribution is 2.41. The Hall–Kier alpha value is -2.57. The van der Waals surface area contributed by atoms with E-state index < -0.39 is 23.3 Å². The van der Waals surface area contributed by atoms with Crippen LogP contribution in [-0.4, -0.2) is 72.6 Å². The number of thioether (sulfide) groups is 2. The Labute approximate surface area is 199 Å². The number of aromatic nitrogens is 2. The molecule has 0 bridgehead atoms. The second-order valence-electron chi connectivity index (χ2n) is 8.03. The van der Waals surface area contributed by atoms with E-state index in [2.05, 4.69) is 15.5 Å². The lowest BCUT2D eigenvalue weighted by Gasteiger charge is -2.49. The Morgan fingerprint density at radius 3 is 2.64 bits per heavy atom. The zero-order valence-corrected chi connectivity index (χ0v) is 19.5. The number of aromatic hydroxyl groups is 1. The molecule has 0 aromatic carbocycles. The molecule has 1 unspecified atom stereocenters. The van der Waals surface area contributed by atoms with E-state index in [1.54, 1.807) is 6.07 Å². The maximum absolute atomic E-state index is 12.8. The summed E-state index contributed by atoms with van der Waals surface area (Å²) in [4.78, 5) is 38.7. The molecule has 1 aliphatic carbocycles. The number of hydrogen-bond donors (Lipinski definition) is 4. The van der Waals surface area contributed by atoms with E-state index in [1.807, 2.05) is 0 Å². The number of nitrogens with two attached hydrogens (primary N) is 1. The van der Waals surface area contributed by atoms with Crippen molar-refractivity contribution in [3.63, 3.8) is 0 Å². The first kappa shape index (κ1) is 23.6. The van der Waals surface area contributed by atoms with Crippen LogP contribution in [0.3, 0.4) is 0 Å². The number of carbonyl (C=O) groups excluding carboxylic acids is 2. The molecule has 12 heteroatoms. The third kappa shape index (κ3) is 5.02. The van der Waals surface area contributed by atoms with Gasteiger partial charge in [0.15, 0.2) is 0 Å². The predicted octanol–water partition coefficient (Wildman–Crippen LogP) is 1.23. The lowest BCUT2D eigenvalue weighted by Crippen LogP contribution is -2.70. The van der Waals surface area contributed by atoms with Gasteiger partial charge in [0.2, 0.25) is 11.8 Å². The van der Waals surface area contributed by atoms with Gasteiger partial charge in [-0.2, -0.15) is 0 Å². The highest BCUT2D eigenvalue weighted by molar-refractivity contribution is 8.01. The van der Waals surface area contributed by atoms with Gasteiger partial charge in [-0.25, -0.2) is 4.79 Å². The number of nitrogens with zero attached hydrogens (tertiary/aromatic N) is 3. The molecule has 0 saturated carbocycles. The first-order valence-corrected chi connectivity index (χ1v) is 12.7. The van der Waals surface area contributed by atoms with Crippen molar-refractivity contribution in [3.8, 4) is 5.88 Å². The Bertz CT molecular complexity index is 1030. The van der Waals surface area contributed by atoms with Crippen molar-refractivity contribution in [1.29, 1.82) is 0 Å². The topological polar surface area (TPSA) is 159 Å². The number of nitrogens with one attached hydrogen (secondary N) is 1. The van der Waals surface area contributed by atoms with E-state index in [9.17, 15) is 24.6 Å². The highest BCUT2D eigenvalue weighted by Gasteiger charge is 2.54. The molecule has 2 amide bonds. The van der Waals surface area contributed by atoms with E-state index >= 15 is 0 Å². The molecule has 10 nitrogen and oxygen atoms in total. The molecule has 1 aromatic rings. The van der Waals surface area contributed by atoms with Gasteiger partial charge in [0.05, 0.1) is 0 Å². The molecule has 176 valence electrons. The SMILES string of the molecule is NCC1=C(CC(=O)NC2C(=O)N3C(C(=O)O)=C(CSc4ccc(O)nn4)CS[C@@H]23)CCCC1. The number of aliphatic carboxylic acids is 1. The van der Waals surface area contributed by atoms with E-state index in [0.717, 1.165) is 36.8 Å². The van der Waals surface area contributed by atoms with Crippen LogP contribution in [0.15, 0.2) is 39.6 Å². The van der Waals surface area contributed by atoms with E-state index in [4.69, 9.17) is 5.73 Å². The lowest BCUT2D eigenvalue weighted by atomic mass is 9.89. The molecule has 1 aromatic heterocycles. The van der Waals surface area contributed by atoms with E-state index in [-0.39, 0.29) is 23.9 Å². The van der Waals surface area contributed by atoms with Crippen molar-refractivity contribution in [2.45, 2.75) is 48.5 Å². The first-order chi connectivity index (χ1) is 15.9. The Morgan fingerprint density at radius 1 is 1.21 bits per heavy atom. The lowest BCUT2D eigenvalue weighted by molar-refractivity contribution is -0.150. The standard InChI is InChI=1S/C21H25N5O5S2/c22-8-12-4-2-1-3-11(12)7-15(28)23-17-19(29)26-18(21(30)31)13(10-33-20(17)26)9-32-16-6-5-14(27)24-25-16/h5-6,17,20H,1-4,7-10,22H2,(H,23,28)(H,24,27)(H,30,31)/t17?,20-/m0/s1. The smallest absolute Gasteiger partial charge is 0.352 e. The summed E-state index contributed by atoms with van der Waals surface area (Å²) in [7, 11) is 0. The molecular formula is C21H25N5O5S2. The molecule has 4 rings (SSSR count). The van der Waals surface area contributed by atoms with Gasteiger partial charge in [-0.15, -0.1) is 33.7 Å². The van der Waals surface area contributed by atoms with E-state index in [0.29, 0.717) is 28.6 Å². The van der Waals surface area contributed by atoms with Gasteiger partial charge in [-0.05, 0) is 37.3 Å². The summed E-state index contributed by atoms with van der Waals surface area (Å²) >= 11 is 2.71. The summed E-state index contributed by atoms with van der Waals surface area (Å²) in [6, 6.07) is 2.25. The second kappa shape index (κ2) is 10.1. The molecular weight excluding hydrogens is 466 g/mol. The molecule has 0 spiro atoms. The van der Waals surface area contributed by atoms with Gasteiger partial charge in [-0.3, -0.25) is 14.5 Å². The zero-order valence-electron chi connectivity index (χ0n) is 17.8. The van der Waals surface area contributed by atoms with Gasteiger partial charge in [0, 0.05) is 30.5 Å². The Kier molecular flexibility index (Phi) is 7.25. The number of amides is 2. The maximum Gasteiger partial charge on any atom is 0.352 e. The second-order valence-corrected chi connectivity index (χ2v) is 10.1. The highest BCUT2D eigenvalue weighted by atomic mass is 32.2. The molecule has 3 heterocycles. The summed E-state index contributed by atoms with van der Waals surface area (Å²) in [6.45, 7) is 0.445. The van der Waals surface area contributed by atoms with Crippen molar-refractivity contribution in [1.82, 2.24) is 20.4 Å². The van der Waals surface area contributed by atoms with Crippen molar-refractivity contribution in [2.75, 3.05) is 18.1 Å². The summed E-state index contributed by atoms with van der Waals surface area (Å²) < 4.78 is 0. The molecule has 5 N–H and O–H groups in total. The normalized spacial score (nSPS) is 22.7. The number of β-lactam (4-membered cyclic amide) rings is 1. The fraction of sp³-hybridized carbons (Fsp3) is 0.476. The minimum Gasteiger partial charge on any atom is -0.492 e. The van der Waals surface area contributed by atoms with Crippen LogP contribution in [-0.2, 0) is 14.4 Å². The van der Waals surface area contributed by atoms with Gasteiger partial charge >= 0.3 is 5.97 Å². The fourth-order valence-corrected chi connectivity index (χ4v) is 6.55. The molecule has 2 atom stereocenters. The van der Waals surface area contributed by atoms with Crippen molar-refractivity contribution >= 4 is 41.3 Å². The van der Waals surface area contributed by atoms with Crippen molar-refractivity contribution < 1.29 is 24.6 Å². The first-order valence-electron chi connectivity index (χ1n) is 10.6. The van der Waals surface area contributed by atoms with Gasteiger partial charge in [-0.1, -0.05) is 11.1 Å². The zero-order chi connectivity index (χ0) is 23.5. The number of carboxylic acids is 1. The van der Waals surface area contributed by atoms with Crippen LogP contribution in [0.1, 0.15) is 32.1 Å². The van der Waals surface area contributed by atoms with Gasteiger partial charge in [0.1, 0.15) is 22.1 Å². The maximum atomic E-state index is 12.8. The summed E-state index contributed by atoms with van der Waals surface area (Å²) in [6.07, 6.45) is 4.10. The number of hydrogen-bond acceptors (Lipinski definition) is 9. The van der Waals surface area contributed by atoms with Crippen LogP contribution in [0.4, 0.5) is 0 Å². The van der Waals surface area contributed by atoms with Gasteiger partial charge < -0.3 is 21.3 Å². The monoisotopic (exact) mass is 491 g/mol. The molecule has 33 heavy (non-hydrogen) atoms.